The zero-order valence-corrected chi connectivity index (χ0v) is 9.71. The molecule has 1 aliphatic rings. The maximum Gasteiger partial charge on any atom is 0.433 e. The lowest BCUT2D eigenvalue weighted by Gasteiger charge is -1.99. The molecule has 0 aromatic carbocycles. The Kier molecular flexibility index (Phi) is 2.55. The topological polar surface area (TPSA) is 111 Å². The number of nitro groups is 1. The quantitative estimate of drug-likeness (QED) is 0.668. The molecule has 2 aromatic heterocycles. The number of furan rings is 1. The van der Waals surface area contributed by atoms with E-state index in [1.54, 1.807) is 0 Å². The molecule has 1 amide bonds. The fraction of sp³-hybridized carbons (Fsp3) is 0.273. The second kappa shape index (κ2) is 4.23. The highest BCUT2D eigenvalue weighted by Gasteiger charge is 2.24. The average molecular weight is 263 g/mol. The first-order chi connectivity index (χ1) is 9.15. The lowest BCUT2D eigenvalue weighted by molar-refractivity contribution is -0.402. The minimum Gasteiger partial charge on any atom is -0.395 e. The summed E-state index contributed by atoms with van der Waals surface area (Å²) >= 11 is 0. The van der Waals surface area contributed by atoms with Gasteiger partial charge in [-0.2, -0.15) is 0 Å². The van der Waals surface area contributed by atoms with E-state index in [1.807, 2.05) is 0 Å². The predicted molar refractivity (Wildman–Crippen MR) is 61.8 cm³/mol. The molecule has 0 bridgehead atoms. The maximum absolute atomic E-state index is 11.8. The number of aryl methyl sites for hydroxylation is 1. The van der Waals surface area contributed by atoms with Crippen molar-refractivity contribution in [3.63, 3.8) is 0 Å². The van der Waals surface area contributed by atoms with Crippen LogP contribution in [0.3, 0.4) is 0 Å². The Morgan fingerprint density at radius 3 is 3.00 bits per heavy atom. The smallest absolute Gasteiger partial charge is 0.395 e. The third-order valence-corrected chi connectivity index (χ3v) is 2.93. The van der Waals surface area contributed by atoms with E-state index < -0.39 is 16.7 Å². The van der Waals surface area contributed by atoms with Crippen molar-refractivity contribution in [1.29, 1.82) is 0 Å². The number of amides is 1. The molecule has 1 N–H and O–H groups in total. The number of hydrogen-bond acceptors (Lipinski definition) is 6. The Balaban J connectivity index is 1.78. The van der Waals surface area contributed by atoms with Crippen molar-refractivity contribution in [2.24, 2.45) is 0 Å². The lowest BCUT2D eigenvalue weighted by atomic mass is 10.2. The molecule has 0 unspecified atom stereocenters. The van der Waals surface area contributed by atoms with Crippen molar-refractivity contribution in [3.8, 4) is 0 Å². The van der Waals surface area contributed by atoms with E-state index in [4.69, 9.17) is 8.94 Å². The number of fused-ring (bicyclic) bond motifs is 1. The third kappa shape index (κ3) is 1.96. The summed E-state index contributed by atoms with van der Waals surface area (Å²) in [6, 6.07) is 2.36. The summed E-state index contributed by atoms with van der Waals surface area (Å²) in [5.74, 6) is -0.932. The Morgan fingerprint density at radius 2 is 2.26 bits per heavy atom. The summed E-state index contributed by atoms with van der Waals surface area (Å²) in [5.41, 5.74) is 1.73. The number of nitrogens with one attached hydrogen (secondary N) is 1. The summed E-state index contributed by atoms with van der Waals surface area (Å²) in [5, 5.41) is 16.8. The van der Waals surface area contributed by atoms with Gasteiger partial charge in [-0.1, -0.05) is 5.16 Å². The van der Waals surface area contributed by atoms with Crippen molar-refractivity contribution in [2.45, 2.75) is 19.3 Å². The van der Waals surface area contributed by atoms with E-state index in [-0.39, 0.29) is 11.6 Å². The van der Waals surface area contributed by atoms with Crippen LogP contribution >= 0.6 is 0 Å². The Morgan fingerprint density at radius 1 is 1.42 bits per heavy atom. The molecule has 0 fully saturated rings. The van der Waals surface area contributed by atoms with Crippen LogP contribution in [0.4, 0.5) is 11.8 Å². The van der Waals surface area contributed by atoms with Crippen LogP contribution in [0.5, 0.6) is 0 Å². The first-order valence-corrected chi connectivity index (χ1v) is 5.68. The van der Waals surface area contributed by atoms with Gasteiger partial charge in [0.15, 0.2) is 5.76 Å². The van der Waals surface area contributed by atoms with Crippen LogP contribution in [0.15, 0.2) is 21.1 Å². The van der Waals surface area contributed by atoms with Crippen molar-refractivity contribution in [2.75, 3.05) is 5.32 Å². The molecule has 8 nitrogen and oxygen atoms in total. The average Bonchev–Trinajstić information content (AvgIpc) is 3.05. The largest absolute Gasteiger partial charge is 0.433 e. The highest BCUT2D eigenvalue weighted by atomic mass is 16.6. The Hall–Kier alpha value is -2.64. The van der Waals surface area contributed by atoms with E-state index in [1.165, 1.54) is 6.07 Å². The third-order valence-electron chi connectivity index (χ3n) is 2.93. The van der Waals surface area contributed by atoms with Crippen LogP contribution in [0.2, 0.25) is 0 Å². The number of hydrogen-bond donors (Lipinski definition) is 1. The molecule has 19 heavy (non-hydrogen) atoms. The monoisotopic (exact) mass is 263 g/mol. The summed E-state index contributed by atoms with van der Waals surface area (Å²) in [6.45, 7) is 0. The van der Waals surface area contributed by atoms with Gasteiger partial charge >= 0.3 is 5.88 Å². The number of carbonyl (C=O) groups excluding carboxylic acids is 1. The van der Waals surface area contributed by atoms with Gasteiger partial charge in [0.1, 0.15) is 4.92 Å². The van der Waals surface area contributed by atoms with Crippen LogP contribution in [-0.2, 0) is 12.8 Å². The number of aromatic nitrogens is 1. The van der Waals surface area contributed by atoms with Gasteiger partial charge in [-0.15, -0.1) is 0 Å². The second-order valence-corrected chi connectivity index (χ2v) is 4.14. The SMILES string of the molecule is O=C(Nc1onc2c1CCC2)c1ccc([N+](=O)[O-])o1. The molecular formula is C11H9N3O5. The van der Waals surface area contributed by atoms with Crippen LogP contribution in [0.1, 0.15) is 28.2 Å². The fourth-order valence-electron chi connectivity index (χ4n) is 2.04. The molecule has 2 heterocycles. The predicted octanol–water partition coefficient (Wildman–Crippen LogP) is 1.92. The van der Waals surface area contributed by atoms with Gasteiger partial charge in [0.2, 0.25) is 5.88 Å². The molecule has 98 valence electrons. The fourth-order valence-corrected chi connectivity index (χ4v) is 2.04. The maximum atomic E-state index is 11.8. The van der Waals surface area contributed by atoms with E-state index in [0.717, 1.165) is 36.6 Å². The number of carbonyl (C=O) groups is 1. The number of rotatable bonds is 3. The highest BCUT2D eigenvalue weighted by molar-refractivity contribution is 6.02. The zero-order valence-electron chi connectivity index (χ0n) is 9.71. The molecule has 0 radical (unpaired) electrons. The minimum absolute atomic E-state index is 0.144. The Labute approximate surface area is 106 Å². The molecule has 0 saturated carbocycles. The normalized spacial score (nSPS) is 13.3. The minimum atomic E-state index is -0.705. The zero-order chi connectivity index (χ0) is 13.4. The summed E-state index contributed by atoms with van der Waals surface area (Å²) in [4.78, 5) is 21.6. The molecular weight excluding hydrogens is 254 g/mol. The first kappa shape index (κ1) is 11.5. The van der Waals surface area contributed by atoms with Crippen LogP contribution in [-0.4, -0.2) is 16.0 Å². The Bertz CT molecular complexity index is 657. The van der Waals surface area contributed by atoms with Crippen molar-refractivity contribution < 1.29 is 18.7 Å². The van der Waals surface area contributed by atoms with Gasteiger partial charge in [0.05, 0.1) is 11.8 Å². The molecule has 3 rings (SSSR count). The van der Waals surface area contributed by atoms with E-state index in [0.29, 0.717) is 0 Å². The van der Waals surface area contributed by atoms with Gasteiger partial charge in [-0.25, -0.2) is 0 Å². The highest BCUT2D eigenvalue weighted by Crippen LogP contribution is 2.28. The van der Waals surface area contributed by atoms with Gasteiger partial charge < -0.3 is 8.94 Å². The number of anilines is 1. The van der Waals surface area contributed by atoms with Crippen LogP contribution in [0, 0.1) is 10.1 Å². The van der Waals surface area contributed by atoms with E-state index in [9.17, 15) is 14.9 Å². The van der Waals surface area contributed by atoms with Gasteiger partial charge in [-0.05, 0) is 25.3 Å². The standard InChI is InChI=1S/C11H9N3O5/c15-10(8-4-5-9(18-8)14(16)17)12-11-6-2-1-3-7(6)13-19-11/h4-5H,1-3H2,(H,12,15). The molecule has 0 saturated heterocycles. The summed E-state index contributed by atoms with van der Waals surface area (Å²) in [6.07, 6.45) is 2.61. The number of nitrogens with zero attached hydrogens (tertiary/aromatic N) is 2. The van der Waals surface area contributed by atoms with Crippen molar-refractivity contribution in [1.82, 2.24) is 5.16 Å². The van der Waals surface area contributed by atoms with E-state index >= 15 is 0 Å². The molecule has 2 aromatic rings. The summed E-state index contributed by atoms with van der Waals surface area (Å²) < 4.78 is 9.83. The molecule has 0 atom stereocenters. The van der Waals surface area contributed by atoms with Crippen molar-refractivity contribution >= 4 is 17.7 Å². The summed E-state index contributed by atoms with van der Waals surface area (Å²) in [7, 11) is 0. The van der Waals surface area contributed by atoms with E-state index in [2.05, 4.69) is 10.5 Å². The van der Waals surface area contributed by atoms with Gasteiger partial charge in [0, 0.05) is 5.56 Å². The van der Waals surface area contributed by atoms with Crippen molar-refractivity contribution in [3.05, 3.63) is 39.3 Å². The van der Waals surface area contributed by atoms with Crippen LogP contribution in [0.25, 0.3) is 0 Å². The lowest BCUT2D eigenvalue weighted by Crippen LogP contribution is -2.11. The second-order valence-electron chi connectivity index (χ2n) is 4.14. The molecule has 8 heteroatoms. The van der Waals surface area contributed by atoms with Gasteiger partial charge in [0.25, 0.3) is 5.91 Å². The molecule has 0 spiro atoms. The van der Waals surface area contributed by atoms with Crippen LogP contribution < -0.4 is 5.32 Å². The van der Waals surface area contributed by atoms with Gasteiger partial charge in [-0.3, -0.25) is 20.2 Å². The molecule has 1 aliphatic carbocycles. The molecule has 0 aliphatic heterocycles. The first-order valence-electron chi connectivity index (χ1n) is 5.68.